The summed E-state index contributed by atoms with van der Waals surface area (Å²) in [5.41, 5.74) is 4.31. The van der Waals surface area contributed by atoms with Crippen LogP contribution >= 0.6 is 0 Å². The molecule has 1 aromatic heterocycles. The van der Waals surface area contributed by atoms with Crippen molar-refractivity contribution in [2.75, 3.05) is 0 Å². The van der Waals surface area contributed by atoms with Crippen LogP contribution < -0.4 is 5.56 Å². The highest BCUT2D eigenvalue weighted by Gasteiger charge is 2.11. The summed E-state index contributed by atoms with van der Waals surface area (Å²) >= 11 is 0. The molecule has 0 radical (unpaired) electrons. The highest BCUT2D eigenvalue weighted by Crippen LogP contribution is 2.20. The van der Waals surface area contributed by atoms with Crippen molar-refractivity contribution in [1.29, 1.82) is 0 Å². The summed E-state index contributed by atoms with van der Waals surface area (Å²) in [6.07, 6.45) is 0. The minimum absolute atomic E-state index is 0.226. The number of halogens is 1. The zero-order chi connectivity index (χ0) is 15.1. The Balaban J connectivity index is 2.33. The molecule has 4 heteroatoms. The molecule has 0 atom stereocenters. The maximum Gasteiger partial charge on any atom is 0.277 e. The monoisotopic (exact) mass is 282 g/mol. The fourth-order valence-corrected chi connectivity index (χ4v) is 2.37. The molecule has 0 bridgehead atoms. The second-order valence-corrected chi connectivity index (χ2v) is 5.26. The van der Waals surface area contributed by atoms with E-state index in [1.165, 1.54) is 22.3 Å². The van der Waals surface area contributed by atoms with E-state index < -0.39 is 0 Å². The number of aryl methyl sites for hydroxylation is 3. The molecule has 3 aromatic rings. The SMILES string of the molecule is Cc1ccc(-c2nc3ccc(F)cc3n(C)c2=O)cc1C. The van der Waals surface area contributed by atoms with Gasteiger partial charge in [0.15, 0.2) is 0 Å². The molecule has 0 fully saturated rings. The highest BCUT2D eigenvalue weighted by molar-refractivity contribution is 5.78. The summed E-state index contributed by atoms with van der Waals surface area (Å²) in [7, 11) is 1.64. The molecule has 0 N–H and O–H groups in total. The molecule has 0 spiro atoms. The van der Waals surface area contributed by atoms with Gasteiger partial charge < -0.3 is 4.57 Å². The second-order valence-electron chi connectivity index (χ2n) is 5.26. The number of nitrogens with zero attached hydrogens (tertiary/aromatic N) is 2. The first-order valence-electron chi connectivity index (χ1n) is 6.71. The van der Waals surface area contributed by atoms with Crippen molar-refractivity contribution in [1.82, 2.24) is 9.55 Å². The normalized spacial score (nSPS) is 11.0. The summed E-state index contributed by atoms with van der Waals surface area (Å²) in [5.74, 6) is -0.377. The topological polar surface area (TPSA) is 34.9 Å². The molecule has 0 aliphatic rings. The van der Waals surface area contributed by atoms with Crippen LogP contribution in [0.1, 0.15) is 11.1 Å². The van der Waals surface area contributed by atoms with Crippen LogP contribution in [0.15, 0.2) is 41.2 Å². The molecule has 0 saturated heterocycles. The van der Waals surface area contributed by atoms with Crippen molar-refractivity contribution >= 4 is 11.0 Å². The van der Waals surface area contributed by atoms with Gasteiger partial charge in [-0.2, -0.15) is 0 Å². The predicted molar refractivity (Wildman–Crippen MR) is 81.9 cm³/mol. The molecule has 0 aliphatic carbocycles. The number of rotatable bonds is 1. The van der Waals surface area contributed by atoms with Gasteiger partial charge in [-0.3, -0.25) is 4.79 Å². The first kappa shape index (κ1) is 13.5. The van der Waals surface area contributed by atoms with E-state index in [4.69, 9.17) is 0 Å². The third kappa shape index (κ3) is 2.23. The molecule has 21 heavy (non-hydrogen) atoms. The number of benzene rings is 2. The molecule has 0 saturated carbocycles. The minimum atomic E-state index is -0.377. The summed E-state index contributed by atoms with van der Waals surface area (Å²) in [4.78, 5) is 16.9. The van der Waals surface area contributed by atoms with Crippen LogP contribution in [0.4, 0.5) is 4.39 Å². The van der Waals surface area contributed by atoms with Crippen molar-refractivity contribution in [3.8, 4) is 11.3 Å². The summed E-state index contributed by atoms with van der Waals surface area (Å²) in [6, 6.07) is 10.1. The van der Waals surface area contributed by atoms with Crippen molar-refractivity contribution < 1.29 is 4.39 Å². The second kappa shape index (κ2) is 4.81. The van der Waals surface area contributed by atoms with Gasteiger partial charge in [-0.05, 0) is 49.2 Å². The molecule has 0 aliphatic heterocycles. The van der Waals surface area contributed by atoms with E-state index in [9.17, 15) is 9.18 Å². The van der Waals surface area contributed by atoms with Gasteiger partial charge in [-0.1, -0.05) is 12.1 Å². The lowest BCUT2D eigenvalue weighted by atomic mass is 10.0. The van der Waals surface area contributed by atoms with Gasteiger partial charge in [0.05, 0.1) is 11.0 Å². The predicted octanol–water partition coefficient (Wildman–Crippen LogP) is 3.36. The number of fused-ring (bicyclic) bond motifs is 1. The average molecular weight is 282 g/mol. The highest BCUT2D eigenvalue weighted by atomic mass is 19.1. The maximum absolute atomic E-state index is 13.3. The molecule has 3 rings (SSSR count). The molecular formula is C17H15FN2O. The fraction of sp³-hybridized carbons (Fsp3) is 0.176. The summed E-state index contributed by atoms with van der Waals surface area (Å²) in [6.45, 7) is 4.02. The lowest BCUT2D eigenvalue weighted by Crippen LogP contribution is -2.20. The van der Waals surface area contributed by atoms with E-state index in [0.717, 1.165) is 11.1 Å². The van der Waals surface area contributed by atoms with Crippen LogP contribution in [0.2, 0.25) is 0 Å². The Labute approximate surface area is 121 Å². The third-order valence-electron chi connectivity index (χ3n) is 3.82. The van der Waals surface area contributed by atoms with E-state index in [1.54, 1.807) is 13.1 Å². The molecule has 2 aromatic carbocycles. The van der Waals surface area contributed by atoms with E-state index in [0.29, 0.717) is 16.7 Å². The van der Waals surface area contributed by atoms with Gasteiger partial charge in [0, 0.05) is 12.6 Å². The molecule has 106 valence electrons. The zero-order valence-corrected chi connectivity index (χ0v) is 12.1. The molecular weight excluding hydrogens is 267 g/mol. The molecule has 0 amide bonds. The van der Waals surface area contributed by atoms with Gasteiger partial charge in [0.2, 0.25) is 0 Å². The smallest absolute Gasteiger partial charge is 0.277 e. The van der Waals surface area contributed by atoms with Gasteiger partial charge >= 0.3 is 0 Å². The number of hydrogen-bond donors (Lipinski definition) is 0. The molecule has 1 heterocycles. The van der Waals surface area contributed by atoms with Gasteiger partial charge in [-0.25, -0.2) is 9.37 Å². The molecule has 3 nitrogen and oxygen atoms in total. The van der Waals surface area contributed by atoms with E-state index in [1.807, 2.05) is 32.0 Å². The van der Waals surface area contributed by atoms with E-state index in [-0.39, 0.29) is 11.4 Å². The van der Waals surface area contributed by atoms with Crippen molar-refractivity contribution in [3.63, 3.8) is 0 Å². The lowest BCUT2D eigenvalue weighted by Gasteiger charge is -2.09. The Morgan fingerprint density at radius 3 is 2.52 bits per heavy atom. The standard InChI is InChI=1S/C17H15FN2O/c1-10-4-5-12(8-11(10)2)16-17(21)20(3)15-9-13(18)6-7-14(15)19-16/h4-9H,1-3H3. The Kier molecular flexibility index (Phi) is 3.09. The quantitative estimate of drug-likeness (QED) is 0.686. The van der Waals surface area contributed by atoms with Crippen molar-refractivity contribution in [3.05, 3.63) is 63.7 Å². The average Bonchev–Trinajstić information content (AvgIpc) is 2.46. The Bertz CT molecular complexity index is 913. The fourth-order valence-electron chi connectivity index (χ4n) is 2.37. The number of aromatic nitrogens is 2. The maximum atomic E-state index is 13.3. The van der Waals surface area contributed by atoms with Crippen LogP contribution in [0.5, 0.6) is 0 Å². The minimum Gasteiger partial charge on any atom is -0.308 e. The summed E-state index contributed by atoms with van der Waals surface area (Å²) in [5, 5.41) is 0. The molecule has 0 unspecified atom stereocenters. The Morgan fingerprint density at radius 2 is 1.81 bits per heavy atom. The summed E-state index contributed by atoms with van der Waals surface area (Å²) < 4.78 is 14.8. The van der Waals surface area contributed by atoms with Crippen molar-refractivity contribution in [2.24, 2.45) is 7.05 Å². The Morgan fingerprint density at radius 1 is 1.05 bits per heavy atom. The Hall–Kier alpha value is -2.49. The van der Waals surface area contributed by atoms with Crippen LogP contribution in [-0.2, 0) is 7.05 Å². The van der Waals surface area contributed by atoms with Crippen molar-refractivity contribution in [2.45, 2.75) is 13.8 Å². The van der Waals surface area contributed by atoms with Crippen LogP contribution in [-0.4, -0.2) is 9.55 Å². The van der Waals surface area contributed by atoms with E-state index >= 15 is 0 Å². The first-order chi connectivity index (χ1) is 9.97. The largest absolute Gasteiger partial charge is 0.308 e. The van der Waals surface area contributed by atoms with Gasteiger partial charge in [-0.15, -0.1) is 0 Å². The zero-order valence-electron chi connectivity index (χ0n) is 12.1. The third-order valence-corrected chi connectivity index (χ3v) is 3.82. The van der Waals surface area contributed by atoms with Crippen LogP contribution in [0.25, 0.3) is 22.3 Å². The van der Waals surface area contributed by atoms with Gasteiger partial charge in [0.25, 0.3) is 5.56 Å². The van der Waals surface area contributed by atoms with E-state index in [2.05, 4.69) is 4.98 Å². The number of hydrogen-bond acceptors (Lipinski definition) is 2. The van der Waals surface area contributed by atoms with Crippen LogP contribution in [0.3, 0.4) is 0 Å². The lowest BCUT2D eigenvalue weighted by molar-refractivity contribution is 0.628. The van der Waals surface area contributed by atoms with Gasteiger partial charge in [0.1, 0.15) is 11.5 Å². The van der Waals surface area contributed by atoms with Crippen LogP contribution in [0, 0.1) is 19.7 Å². The first-order valence-corrected chi connectivity index (χ1v) is 6.71.